The van der Waals surface area contributed by atoms with E-state index in [0.29, 0.717) is 38.5 Å². The van der Waals surface area contributed by atoms with Crippen LogP contribution in [0.3, 0.4) is 0 Å². The summed E-state index contributed by atoms with van der Waals surface area (Å²) in [5.41, 5.74) is 0.624. The topological polar surface area (TPSA) is 100 Å². The zero-order valence-electron chi connectivity index (χ0n) is 15.7. The maximum absolute atomic E-state index is 12.4. The van der Waals surface area contributed by atoms with Gasteiger partial charge in [-0.3, -0.25) is 9.78 Å². The van der Waals surface area contributed by atoms with E-state index in [0.717, 1.165) is 6.26 Å². The van der Waals surface area contributed by atoms with Crippen molar-refractivity contribution in [3.05, 3.63) is 30.1 Å². The zero-order valence-corrected chi connectivity index (χ0v) is 16.5. The van der Waals surface area contributed by atoms with Crippen molar-refractivity contribution < 1.29 is 22.7 Å². The lowest BCUT2D eigenvalue weighted by molar-refractivity contribution is -0.132. The summed E-state index contributed by atoms with van der Waals surface area (Å²) in [5.74, 6) is -0.131. The minimum atomic E-state index is -3.46. The second-order valence-corrected chi connectivity index (χ2v) is 8.22. The number of sulfonamides is 1. The van der Waals surface area contributed by atoms with Crippen molar-refractivity contribution in [2.75, 3.05) is 45.6 Å². The van der Waals surface area contributed by atoms with Gasteiger partial charge in [0.05, 0.1) is 25.1 Å². The van der Waals surface area contributed by atoms with E-state index in [1.54, 1.807) is 41.1 Å². The number of hydrogen-bond acceptors (Lipinski definition) is 6. The van der Waals surface area contributed by atoms with Crippen molar-refractivity contribution in [2.24, 2.45) is 0 Å². The number of carbonyl (C=O) groups is 2. The molecule has 0 saturated carbocycles. The molecule has 1 fully saturated rings. The number of piperazine rings is 1. The Labute approximate surface area is 160 Å². The molecule has 1 aliphatic heterocycles. The smallest absolute Gasteiger partial charge is 0.409 e. The van der Waals surface area contributed by atoms with E-state index in [2.05, 4.69) is 4.98 Å². The molecule has 2 heterocycles. The van der Waals surface area contributed by atoms with Crippen LogP contribution in [0.2, 0.25) is 0 Å². The number of rotatable bonds is 7. The van der Waals surface area contributed by atoms with Gasteiger partial charge in [0.2, 0.25) is 15.9 Å². The highest BCUT2D eigenvalue weighted by Gasteiger charge is 2.26. The first-order valence-corrected chi connectivity index (χ1v) is 10.7. The molecule has 2 amide bonds. The third-order valence-electron chi connectivity index (χ3n) is 4.27. The van der Waals surface area contributed by atoms with Crippen LogP contribution in [0.5, 0.6) is 0 Å². The highest BCUT2D eigenvalue weighted by molar-refractivity contribution is 7.88. The van der Waals surface area contributed by atoms with Crippen molar-refractivity contribution >= 4 is 22.0 Å². The van der Waals surface area contributed by atoms with Gasteiger partial charge in [-0.25, -0.2) is 13.2 Å². The number of amides is 2. The summed E-state index contributed by atoms with van der Waals surface area (Å²) in [6.45, 7) is 3.93. The quantitative estimate of drug-likeness (QED) is 0.664. The van der Waals surface area contributed by atoms with Crippen LogP contribution >= 0.6 is 0 Å². The Kier molecular flexibility index (Phi) is 7.55. The molecule has 0 N–H and O–H groups in total. The SMILES string of the molecule is CCOC(=O)N1CCN(C(=O)CCN(Cc2ccccn2)S(C)(=O)=O)CC1. The molecule has 27 heavy (non-hydrogen) atoms. The number of hydrogen-bond donors (Lipinski definition) is 0. The largest absolute Gasteiger partial charge is 0.450 e. The van der Waals surface area contributed by atoms with E-state index < -0.39 is 10.0 Å². The molecule has 150 valence electrons. The van der Waals surface area contributed by atoms with Gasteiger partial charge in [0, 0.05) is 45.3 Å². The van der Waals surface area contributed by atoms with Gasteiger partial charge in [-0.1, -0.05) is 6.07 Å². The average Bonchev–Trinajstić information content (AvgIpc) is 2.65. The molecule has 0 atom stereocenters. The molecule has 0 spiro atoms. The highest BCUT2D eigenvalue weighted by Crippen LogP contribution is 2.10. The monoisotopic (exact) mass is 398 g/mol. The normalized spacial score (nSPS) is 15.1. The standard InChI is InChI=1S/C17H26N4O5S/c1-3-26-17(23)20-12-10-19(11-13-20)16(22)7-9-21(27(2,24)25)14-15-6-4-5-8-18-15/h4-6,8H,3,7,9-14H2,1-2H3. The fourth-order valence-corrected chi connectivity index (χ4v) is 3.56. The molecule has 10 heteroatoms. The fourth-order valence-electron chi connectivity index (χ4n) is 2.77. The Morgan fingerprint density at radius 3 is 2.41 bits per heavy atom. The van der Waals surface area contributed by atoms with Crippen LogP contribution in [-0.2, 0) is 26.1 Å². The second kappa shape index (κ2) is 9.65. The molecule has 0 bridgehead atoms. The molecule has 1 aliphatic rings. The van der Waals surface area contributed by atoms with E-state index in [1.807, 2.05) is 0 Å². The third kappa shape index (κ3) is 6.47. The van der Waals surface area contributed by atoms with Gasteiger partial charge in [0.25, 0.3) is 0 Å². The Hall–Kier alpha value is -2.20. The molecule has 0 unspecified atom stereocenters. The van der Waals surface area contributed by atoms with Crippen LogP contribution in [0.1, 0.15) is 19.0 Å². The van der Waals surface area contributed by atoms with Crippen molar-refractivity contribution in [1.29, 1.82) is 0 Å². The highest BCUT2D eigenvalue weighted by atomic mass is 32.2. The summed E-state index contributed by atoms with van der Waals surface area (Å²) in [6, 6.07) is 5.29. The van der Waals surface area contributed by atoms with Crippen molar-refractivity contribution in [2.45, 2.75) is 19.9 Å². The Morgan fingerprint density at radius 1 is 1.19 bits per heavy atom. The number of pyridine rings is 1. The van der Waals surface area contributed by atoms with E-state index >= 15 is 0 Å². The van der Waals surface area contributed by atoms with Crippen LogP contribution < -0.4 is 0 Å². The minimum Gasteiger partial charge on any atom is -0.450 e. The van der Waals surface area contributed by atoms with Gasteiger partial charge in [-0.05, 0) is 19.1 Å². The lowest BCUT2D eigenvalue weighted by Gasteiger charge is -2.34. The number of nitrogens with zero attached hydrogens (tertiary/aromatic N) is 4. The van der Waals surface area contributed by atoms with Gasteiger partial charge in [-0.15, -0.1) is 0 Å². The van der Waals surface area contributed by atoms with Gasteiger partial charge in [0.1, 0.15) is 0 Å². The van der Waals surface area contributed by atoms with E-state index in [4.69, 9.17) is 4.74 Å². The number of ether oxygens (including phenoxy) is 1. The van der Waals surface area contributed by atoms with Crippen molar-refractivity contribution in [3.8, 4) is 0 Å². The summed E-state index contributed by atoms with van der Waals surface area (Å²) >= 11 is 0. The summed E-state index contributed by atoms with van der Waals surface area (Å²) in [6.07, 6.45) is 2.44. The zero-order chi connectivity index (χ0) is 19.9. The molecule has 1 saturated heterocycles. The summed E-state index contributed by atoms with van der Waals surface area (Å²) in [4.78, 5) is 31.5. The molecule has 0 aliphatic carbocycles. The van der Waals surface area contributed by atoms with Gasteiger partial charge >= 0.3 is 6.09 Å². The Bertz CT molecular complexity index is 733. The molecule has 1 aromatic heterocycles. The maximum Gasteiger partial charge on any atom is 0.409 e. The summed E-state index contributed by atoms with van der Waals surface area (Å²) in [5, 5.41) is 0. The Balaban J connectivity index is 1.86. The van der Waals surface area contributed by atoms with Crippen molar-refractivity contribution in [1.82, 2.24) is 19.1 Å². The number of carbonyl (C=O) groups excluding carboxylic acids is 2. The van der Waals surface area contributed by atoms with Crippen LogP contribution in [-0.4, -0.2) is 85.1 Å². The molecular formula is C17H26N4O5S. The van der Waals surface area contributed by atoms with Crippen LogP contribution in [0.4, 0.5) is 4.79 Å². The van der Waals surface area contributed by atoms with Crippen LogP contribution in [0, 0.1) is 0 Å². The predicted molar refractivity (Wildman–Crippen MR) is 99.3 cm³/mol. The first kappa shape index (κ1) is 21.1. The lowest BCUT2D eigenvalue weighted by Crippen LogP contribution is -2.51. The van der Waals surface area contributed by atoms with Crippen LogP contribution in [0.15, 0.2) is 24.4 Å². The summed E-state index contributed by atoms with van der Waals surface area (Å²) < 4.78 is 30.2. The predicted octanol–water partition coefficient (Wildman–Crippen LogP) is 0.534. The molecule has 2 rings (SSSR count). The molecule has 0 radical (unpaired) electrons. The first-order valence-electron chi connectivity index (χ1n) is 8.85. The van der Waals surface area contributed by atoms with E-state index in [-0.39, 0.29) is 31.5 Å². The van der Waals surface area contributed by atoms with E-state index in [9.17, 15) is 18.0 Å². The fraction of sp³-hybridized carbons (Fsp3) is 0.588. The van der Waals surface area contributed by atoms with Gasteiger partial charge in [-0.2, -0.15) is 4.31 Å². The van der Waals surface area contributed by atoms with Crippen LogP contribution in [0.25, 0.3) is 0 Å². The first-order chi connectivity index (χ1) is 12.8. The van der Waals surface area contributed by atoms with Gasteiger partial charge in [0.15, 0.2) is 0 Å². The summed E-state index contributed by atoms with van der Waals surface area (Å²) in [7, 11) is -3.46. The molecule has 0 aromatic carbocycles. The molecule has 9 nitrogen and oxygen atoms in total. The lowest BCUT2D eigenvalue weighted by atomic mass is 10.2. The number of aromatic nitrogens is 1. The average molecular weight is 398 g/mol. The van der Waals surface area contributed by atoms with Gasteiger partial charge < -0.3 is 14.5 Å². The van der Waals surface area contributed by atoms with E-state index in [1.165, 1.54) is 4.31 Å². The second-order valence-electron chi connectivity index (χ2n) is 6.23. The third-order valence-corrected chi connectivity index (χ3v) is 5.52. The minimum absolute atomic E-state index is 0.0826. The Morgan fingerprint density at radius 2 is 1.85 bits per heavy atom. The maximum atomic E-state index is 12.4. The molecule has 1 aromatic rings. The van der Waals surface area contributed by atoms with Crippen molar-refractivity contribution in [3.63, 3.8) is 0 Å². The molecular weight excluding hydrogens is 372 g/mol.